The van der Waals surface area contributed by atoms with E-state index < -0.39 is 0 Å². The van der Waals surface area contributed by atoms with Crippen LogP contribution in [0.5, 0.6) is 5.75 Å². The van der Waals surface area contributed by atoms with E-state index in [-0.39, 0.29) is 17.9 Å². The molecule has 0 saturated heterocycles. The Morgan fingerprint density at radius 1 is 1.10 bits per heavy atom. The molecule has 0 spiro atoms. The minimum Gasteiger partial charge on any atom is -0.494 e. The molecular formula is C24H27N3O3. The fourth-order valence-electron chi connectivity index (χ4n) is 4.01. The standard InChI is InChI=1S/C24H27N3O3/c1-2-29-20-15-13-19(14-16-20)23(28)25-21(17-9-5-3-6-10-17)24-26-22(27-30-24)18-11-7-4-8-12-18/h4,7-8,11-17,21H,2-3,5-6,9-10H2,1H3,(H,25,28). The van der Waals surface area contributed by atoms with Crippen molar-refractivity contribution in [2.75, 3.05) is 6.61 Å². The van der Waals surface area contributed by atoms with Gasteiger partial charge in [-0.25, -0.2) is 0 Å². The maximum Gasteiger partial charge on any atom is 0.251 e. The summed E-state index contributed by atoms with van der Waals surface area (Å²) < 4.78 is 11.1. The van der Waals surface area contributed by atoms with Crippen LogP contribution >= 0.6 is 0 Å². The minimum atomic E-state index is -0.297. The lowest BCUT2D eigenvalue weighted by atomic mass is 9.83. The Morgan fingerprint density at radius 3 is 2.53 bits per heavy atom. The van der Waals surface area contributed by atoms with Gasteiger partial charge < -0.3 is 14.6 Å². The average molecular weight is 405 g/mol. The van der Waals surface area contributed by atoms with Gasteiger partial charge in [-0.1, -0.05) is 54.8 Å². The normalized spacial score (nSPS) is 15.5. The molecule has 1 amide bonds. The van der Waals surface area contributed by atoms with Crippen molar-refractivity contribution in [3.05, 3.63) is 66.1 Å². The summed E-state index contributed by atoms with van der Waals surface area (Å²) in [6.07, 6.45) is 5.61. The van der Waals surface area contributed by atoms with Crippen molar-refractivity contribution in [3.63, 3.8) is 0 Å². The summed E-state index contributed by atoms with van der Waals surface area (Å²) in [5, 5.41) is 7.32. The van der Waals surface area contributed by atoms with Crippen LogP contribution in [0.3, 0.4) is 0 Å². The molecule has 4 rings (SSSR count). The molecule has 1 aliphatic rings. The van der Waals surface area contributed by atoms with Crippen molar-refractivity contribution < 1.29 is 14.1 Å². The first kappa shape index (κ1) is 20.1. The quantitative estimate of drug-likeness (QED) is 0.585. The first-order valence-electron chi connectivity index (χ1n) is 10.7. The highest BCUT2D eigenvalue weighted by atomic mass is 16.5. The fourth-order valence-corrected chi connectivity index (χ4v) is 4.01. The van der Waals surface area contributed by atoms with Gasteiger partial charge in [-0.15, -0.1) is 0 Å². The van der Waals surface area contributed by atoms with E-state index in [1.54, 1.807) is 12.1 Å². The topological polar surface area (TPSA) is 77.2 Å². The molecule has 6 nitrogen and oxygen atoms in total. The smallest absolute Gasteiger partial charge is 0.251 e. The number of nitrogens with zero attached hydrogens (tertiary/aromatic N) is 2. The molecule has 0 aliphatic heterocycles. The van der Waals surface area contributed by atoms with Gasteiger partial charge in [0, 0.05) is 11.1 Å². The van der Waals surface area contributed by atoms with E-state index in [2.05, 4.69) is 15.5 Å². The SMILES string of the molecule is CCOc1ccc(C(=O)NC(c2nc(-c3ccccc3)no2)C2CCCCC2)cc1. The molecular weight excluding hydrogens is 378 g/mol. The lowest BCUT2D eigenvalue weighted by Gasteiger charge is -2.28. The lowest BCUT2D eigenvalue weighted by molar-refractivity contribution is 0.0896. The van der Waals surface area contributed by atoms with Crippen molar-refractivity contribution in [3.8, 4) is 17.1 Å². The zero-order valence-corrected chi connectivity index (χ0v) is 17.2. The number of hydrogen-bond donors (Lipinski definition) is 1. The van der Waals surface area contributed by atoms with E-state index in [1.807, 2.05) is 49.4 Å². The van der Waals surface area contributed by atoms with Crippen LogP contribution in [0.4, 0.5) is 0 Å². The molecule has 1 aromatic heterocycles. The van der Waals surface area contributed by atoms with Crippen LogP contribution < -0.4 is 10.1 Å². The number of carbonyl (C=O) groups excluding carboxylic acids is 1. The van der Waals surface area contributed by atoms with E-state index in [0.717, 1.165) is 37.0 Å². The Hall–Kier alpha value is -3.15. The van der Waals surface area contributed by atoms with Crippen molar-refractivity contribution >= 4 is 5.91 Å². The maximum atomic E-state index is 13.0. The maximum absolute atomic E-state index is 13.0. The first-order valence-corrected chi connectivity index (χ1v) is 10.7. The van der Waals surface area contributed by atoms with Crippen LogP contribution in [0.2, 0.25) is 0 Å². The van der Waals surface area contributed by atoms with Gasteiger partial charge in [-0.05, 0) is 49.9 Å². The molecule has 1 fully saturated rings. The summed E-state index contributed by atoms with van der Waals surface area (Å²) in [4.78, 5) is 17.6. The highest BCUT2D eigenvalue weighted by molar-refractivity contribution is 5.94. The Bertz CT molecular complexity index is 947. The molecule has 1 N–H and O–H groups in total. The summed E-state index contributed by atoms with van der Waals surface area (Å²) >= 11 is 0. The Balaban J connectivity index is 1.56. The molecule has 1 saturated carbocycles. The summed E-state index contributed by atoms with van der Waals surface area (Å²) in [6, 6.07) is 16.6. The molecule has 1 heterocycles. The molecule has 0 bridgehead atoms. The van der Waals surface area contributed by atoms with Gasteiger partial charge in [-0.3, -0.25) is 4.79 Å². The summed E-state index contributed by atoms with van der Waals surface area (Å²) in [5.74, 6) is 1.91. The number of ether oxygens (including phenoxy) is 1. The number of rotatable bonds is 7. The number of aromatic nitrogens is 2. The average Bonchev–Trinajstić information content (AvgIpc) is 3.29. The molecule has 6 heteroatoms. The third-order valence-corrected chi connectivity index (χ3v) is 5.58. The molecule has 2 aromatic carbocycles. The van der Waals surface area contributed by atoms with Gasteiger partial charge >= 0.3 is 0 Å². The molecule has 30 heavy (non-hydrogen) atoms. The number of carbonyl (C=O) groups is 1. The highest BCUT2D eigenvalue weighted by Crippen LogP contribution is 2.34. The van der Waals surface area contributed by atoms with Crippen LogP contribution in [0.25, 0.3) is 11.4 Å². The van der Waals surface area contributed by atoms with Crippen LogP contribution in [-0.2, 0) is 0 Å². The van der Waals surface area contributed by atoms with Crippen LogP contribution in [0.15, 0.2) is 59.1 Å². The fraction of sp³-hybridized carbons (Fsp3) is 0.375. The van der Waals surface area contributed by atoms with Crippen molar-refractivity contribution in [2.45, 2.75) is 45.1 Å². The van der Waals surface area contributed by atoms with E-state index in [4.69, 9.17) is 9.26 Å². The Labute approximate surface area is 176 Å². The molecule has 1 unspecified atom stereocenters. The van der Waals surface area contributed by atoms with Gasteiger partial charge in [0.2, 0.25) is 11.7 Å². The molecule has 3 aromatic rings. The third kappa shape index (κ3) is 4.70. The Kier molecular flexibility index (Phi) is 6.42. The number of amides is 1. The largest absolute Gasteiger partial charge is 0.494 e. The third-order valence-electron chi connectivity index (χ3n) is 5.58. The van der Waals surface area contributed by atoms with Crippen molar-refractivity contribution in [2.24, 2.45) is 5.92 Å². The Morgan fingerprint density at radius 2 is 1.83 bits per heavy atom. The van der Waals surface area contributed by atoms with Crippen molar-refractivity contribution in [1.29, 1.82) is 0 Å². The summed E-state index contributed by atoms with van der Waals surface area (Å²) in [5.41, 5.74) is 1.48. The highest BCUT2D eigenvalue weighted by Gasteiger charge is 2.31. The van der Waals surface area contributed by atoms with Crippen LogP contribution in [0, 0.1) is 5.92 Å². The van der Waals surface area contributed by atoms with Gasteiger partial charge in [0.15, 0.2) is 0 Å². The van der Waals surface area contributed by atoms with Gasteiger partial charge in [0.05, 0.1) is 6.61 Å². The second kappa shape index (κ2) is 9.57. The number of nitrogens with one attached hydrogen (secondary N) is 1. The zero-order chi connectivity index (χ0) is 20.8. The molecule has 1 atom stereocenters. The van der Waals surface area contributed by atoms with Crippen molar-refractivity contribution in [1.82, 2.24) is 15.5 Å². The predicted molar refractivity (Wildman–Crippen MR) is 114 cm³/mol. The zero-order valence-electron chi connectivity index (χ0n) is 17.2. The monoisotopic (exact) mass is 405 g/mol. The van der Waals surface area contributed by atoms with Gasteiger partial charge in [0.25, 0.3) is 5.91 Å². The predicted octanol–water partition coefficient (Wildman–Crippen LogP) is 5.19. The summed E-state index contributed by atoms with van der Waals surface area (Å²) in [6.45, 7) is 2.53. The number of benzene rings is 2. The van der Waals surface area contributed by atoms with Gasteiger partial charge in [0.1, 0.15) is 11.8 Å². The molecule has 0 radical (unpaired) electrons. The van der Waals surface area contributed by atoms with Crippen LogP contribution in [0.1, 0.15) is 61.3 Å². The first-order chi connectivity index (χ1) is 14.7. The minimum absolute atomic E-state index is 0.145. The lowest BCUT2D eigenvalue weighted by Crippen LogP contribution is -2.34. The second-order valence-electron chi connectivity index (χ2n) is 7.63. The second-order valence-corrected chi connectivity index (χ2v) is 7.63. The molecule has 1 aliphatic carbocycles. The summed E-state index contributed by atoms with van der Waals surface area (Å²) in [7, 11) is 0. The van der Waals surface area contributed by atoms with E-state index in [9.17, 15) is 4.79 Å². The van der Waals surface area contributed by atoms with E-state index in [1.165, 1.54) is 6.42 Å². The number of hydrogen-bond acceptors (Lipinski definition) is 5. The van der Waals surface area contributed by atoms with E-state index in [0.29, 0.717) is 23.9 Å². The van der Waals surface area contributed by atoms with Gasteiger partial charge in [-0.2, -0.15) is 4.98 Å². The van der Waals surface area contributed by atoms with Crippen LogP contribution in [-0.4, -0.2) is 22.7 Å². The van der Waals surface area contributed by atoms with E-state index >= 15 is 0 Å². The molecule has 156 valence electrons.